The fourth-order valence-corrected chi connectivity index (χ4v) is 2.36. The summed E-state index contributed by atoms with van der Waals surface area (Å²) >= 11 is 8.89. The highest BCUT2D eigenvalue weighted by Crippen LogP contribution is 2.36. The van der Waals surface area contributed by atoms with E-state index in [-0.39, 0.29) is 16.3 Å². The monoisotopic (exact) mass is 378 g/mol. The van der Waals surface area contributed by atoms with Crippen molar-refractivity contribution in [3.63, 3.8) is 0 Å². The van der Waals surface area contributed by atoms with Crippen LogP contribution in [-0.2, 0) is 6.18 Å². The van der Waals surface area contributed by atoms with E-state index in [9.17, 15) is 13.2 Å². The van der Waals surface area contributed by atoms with E-state index in [1.54, 1.807) is 31.2 Å². The van der Waals surface area contributed by atoms with E-state index in [1.165, 1.54) is 6.20 Å². The lowest BCUT2D eigenvalue weighted by Gasteiger charge is -2.19. The number of hydrogen-bond donors (Lipinski definition) is 1. The molecular weight excluding hydrogens is 369 g/mol. The van der Waals surface area contributed by atoms with E-state index in [1.807, 2.05) is 0 Å². The molecule has 1 aromatic carbocycles. The number of aromatic nitrogens is 1. The predicted molar refractivity (Wildman–Crippen MR) is 80.4 cm³/mol. The Morgan fingerprint density at radius 3 is 2.62 bits per heavy atom. The lowest BCUT2D eigenvalue weighted by Crippen LogP contribution is -2.15. The third-order valence-electron chi connectivity index (χ3n) is 2.86. The molecule has 1 unspecified atom stereocenters. The molecule has 21 heavy (non-hydrogen) atoms. The molecule has 0 radical (unpaired) electrons. The SMILES string of the molecule is CC(Nc1ncc(Br)cc1C(F)(F)F)c1cccc(Cl)c1. The summed E-state index contributed by atoms with van der Waals surface area (Å²) in [5, 5.41) is 3.31. The highest BCUT2D eigenvalue weighted by molar-refractivity contribution is 9.10. The van der Waals surface area contributed by atoms with Gasteiger partial charge in [0.2, 0.25) is 0 Å². The molecule has 2 rings (SSSR count). The number of pyridine rings is 1. The number of benzene rings is 1. The first-order valence-electron chi connectivity index (χ1n) is 6.02. The first-order chi connectivity index (χ1) is 9.77. The molecule has 0 bridgehead atoms. The Morgan fingerprint density at radius 2 is 2.00 bits per heavy atom. The molecule has 0 fully saturated rings. The molecule has 0 saturated heterocycles. The Kier molecular flexibility index (Phi) is 4.78. The van der Waals surface area contributed by atoms with Crippen LogP contribution in [0.5, 0.6) is 0 Å². The van der Waals surface area contributed by atoms with Gasteiger partial charge in [-0.05, 0) is 46.6 Å². The van der Waals surface area contributed by atoms with Gasteiger partial charge < -0.3 is 5.32 Å². The van der Waals surface area contributed by atoms with Crippen LogP contribution in [0, 0.1) is 0 Å². The van der Waals surface area contributed by atoms with Gasteiger partial charge in [-0.2, -0.15) is 13.2 Å². The maximum absolute atomic E-state index is 13.0. The van der Waals surface area contributed by atoms with Crippen LogP contribution in [0.3, 0.4) is 0 Å². The van der Waals surface area contributed by atoms with Gasteiger partial charge in [-0.15, -0.1) is 0 Å². The molecule has 112 valence electrons. The van der Waals surface area contributed by atoms with Crippen LogP contribution >= 0.6 is 27.5 Å². The summed E-state index contributed by atoms with van der Waals surface area (Å²) in [7, 11) is 0. The average Bonchev–Trinajstić information content (AvgIpc) is 2.39. The molecule has 7 heteroatoms. The summed E-state index contributed by atoms with van der Waals surface area (Å²) in [6, 6.07) is 7.58. The first kappa shape index (κ1) is 16.1. The van der Waals surface area contributed by atoms with E-state index in [0.29, 0.717) is 5.02 Å². The molecule has 1 atom stereocenters. The highest BCUT2D eigenvalue weighted by atomic mass is 79.9. The summed E-state index contributed by atoms with van der Waals surface area (Å²) in [6.45, 7) is 1.75. The molecule has 0 aliphatic carbocycles. The number of nitrogens with zero attached hydrogens (tertiary/aromatic N) is 1. The van der Waals surface area contributed by atoms with Gasteiger partial charge in [-0.25, -0.2) is 4.98 Å². The van der Waals surface area contributed by atoms with Gasteiger partial charge in [-0.1, -0.05) is 23.7 Å². The van der Waals surface area contributed by atoms with Gasteiger partial charge >= 0.3 is 6.18 Å². The van der Waals surface area contributed by atoms with Crippen molar-refractivity contribution < 1.29 is 13.2 Å². The number of nitrogens with one attached hydrogen (secondary N) is 1. The van der Waals surface area contributed by atoms with Crippen molar-refractivity contribution in [2.75, 3.05) is 5.32 Å². The van der Waals surface area contributed by atoms with Crippen LogP contribution in [-0.4, -0.2) is 4.98 Å². The van der Waals surface area contributed by atoms with Crippen molar-refractivity contribution in [3.05, 3.63) is 57.2 Å². The van der Waals surface area contributed by atoms with Gasteiger partial charge in [0.15, 0.2) is 0 Å². The zero-order valence-corrected chi connectivity index (χ0v) is 13.2. The molecule has 0 aliphatic heterocycles. The van der Waals surface area contributed by atoms with Crippen molar-refractivity contribution >= 4 is 33.3 Å². The molecule has 0 amide bonds. The molecule has 0 spiro atoms. The number of alkyl halides is 3. The number of hydrogen-bond acceptors (Lipinski definition) is 2. The van der Waals surface area contributed by atoms with E-state index in [2.05, 4.69) is 26.2 Å². The number of halogens is 5. The minimum atomic E-state index is -4.48. The Hall–Kier alpha value is -1.27. The summed E-state index contributed by atoms with van der Waals surface area (Å²) < 4.78 is 39.3. The van der Waals surface area contributed by atoms with Crippen molar-refractivity contribution in [2.45, 2.75) is 19.1 Å². The zero-order chi connectivity index (χ0) is 15.6. The van der Waals surface area contributed by atoms with Crippen LogP contribution in [0.4, 0.5) is 19.0 Å². The van der Waals surface area contributed by atoms with E-state index in [0.717, 1.165) is 11.6 Å². The average molecular weight is 380 g/mol. The smallest absolute Gasteiger partial charge is 0.363 e. The minimum absolute atomic E-state index is 0.210. The molecule has 2 nitrogen and oxygen atoms in total. The second-order valence-electron chi connectivity index (χ2n) is 4.47. The Labute approximate surface area is 133 Å². The zero-order valence-electron chi connectivity index (χ0n) is 10.9. The molecular formula is C14H11BrClF3N2. The van der Waals surface area contributed by atoms with Crippen LogP contribution < -0.4 is 5.32 Å². The maximum Gasteiger partial charge on any atom is 0.419 e. The standard InChI is InChI=1S/C14H11BrClF3N2/c1-8(9-3-2-4-11(16)5-9)21-13-12(14(17,18)19)6-10(15)7-20-13/h2-8H,1H3,(H,20,21). The molecule has 0 saturated carbocycles. The third kappa shape index (κ3) is 4.11. The molecule has 1 aromatic heterocycles. The summed E-state index contributed by atoms with van der Waals surface area (Å²) in [5.74, 6) is -0.210. The summed E-state index contributed by atoms with van der Waals surface area (Å²) in [6.07, 6.45) is -3.16. The Balaban J connectivity index is 2.31. The fraction of sp³-hybridized carbons (Fsp3) is 0.214. The van der Waals surface area contributed by atoms with Crippen LogP contribution in [0.1, 0.15) is 24.1 Å². The van der Waals surface area contributed by atoms with Gasteiger partial charge in [-0.3, -0.25) is 0 Å². The second kappa shape index (κ2) is 6.23. The molecule has 2 aromatic rings. The Morgan fingerprint density at radius 1 is 1.29 bits per heavy atom. The predicted octanol–water partition coefficient (Wildman–Crippen LogP) is 5.69. The topological polar surface area (TPSA) is 24.9 Å². The third-order valence-corrected chi connectivity index (χ3v) is 3.53. The van der Waals surface area contributed by atoms with Crippen LogP contribution in [0.15, 0.2) is 41.0 Å². The molecule has 1 heterocycles. The summed E-state index contributed by atoms with van der Waals surface area (Å²) in [5.41, 5.74) is -0.0360. The second-order valence-corrected chi connectivity index (χ2v) is 5.82. The fourth-order valence-electron chi connectivity index (χ4n) is 1.83. The van der Waals surface area contributed by atoms with Crippen molar-refractivity contribution in [1.29, 1.82) is 0 Å². The molecule has 0 aliphatic rings. The lowest BCUT2D eigenvalue weighted by atomic mass is 10.1. The maximum atomic E-state index is 13.0. The van der Waals surface area contributed by atoms with E-state index in [4.69, 9.17) is 11.6 Å². The van der Waals surface area contributed by atoms with Crippen LogP contribution in [0.25, 0.3) is 0 Å². The van der Waals surface area contributed by atoms with Crippen LogP contribution in [0.2, 0.25) is 5.02 Å². The van der Waals surface area contributed by atoms with Gasteiger partial charge in [0.05, 0.1) is 11.6 Å². The first-order valence-corrected chi connectivity index (χ1v) is 7.19. The van der Waals surface area contributed by atoms with Gasteiger partial charge in [0, 0.05) is 15.7 Å². The summed E-state index contributed by atoms with van der Waals surface area (Å²) in [4.78, 5) is 3.82. The van der Waals surface area contributed by atoms with Crippen molar-refractivity contribution in [3.8, 4) is 0 Å². The van der Waals surface area contributed by atoms with E-state index < -0.39 is 11.7 Å². The number of anilines is 1. The largest absolute Gasteiger partial charge is 0.419 e. The van der Waals surface area contributed by atoms with Crippen molar-refractivity contribution in [1.82, 2.24) is 4.98 Å². The van der Waals surface area contributed by atoms with Gasteiger partial charge in [0.1, 0.15) is 5.82 Å². The lowest BCUT2D eigenvalue weighted by molar-refractivity contribution is -0.137. The quantitative estimate of drug-likeness (QED) is 0.741. The minimum Gasteiger partial charge on any atom is -0.363 e. The molecule has 1 N–H and O–H groups in total. The van der Waals surface area contributed by atoms with Crippen molar-refractivity contribution in [2.24, 2.45) is 0 Å². The van der Waals surface area contributed by atoms with E-state index >= 15 is 0 Å². The normalized spacial score (nSPS) is 13.0. The number of rotatable bonds is 3. The van der Waals surface area contributed by atoms with Gasteiger partial charge in [0.25, 0.3) is 0 Å². The highest BCUT2D eigenvalue weighted by Gasteiger charge is 2.35. The Bertz CT molecular complexity index is 646.